The fraction of sp³-hybridized carbons (Fsp3) is 0.875. The quantitative estimate of drug-likeness (QED) is 0.857. The number of nitrogens with one attached hydrogen (secondary N) is 1. The van der Waals surface area contributed by atoms with Gasteiger partial charge in [0.05, 0.1) is 12.6 Å². The highest BCUT2D eigenvalue weighted by Gasteiger charge is 2.41. The predicted octanol–water partition coefficient (Wildman–Crippen LogP) is 1.46. The van der Waals surface area contributed by atoms with Crippen LogP contribution in [-0.2, 0) is 14.3 Å². The van der Waals surface area contributed by atoms with E-state index in [1.807, 2.05) is 4.90 Å². The summed E-state index contributed by atoms with van der Waals surface area (Å²) >= 11 is 0. The maximum atomic E-state index is 12.3. The molecule has 0 aromatic carbocycles. The molecule has 3 rings (SSSR count). The zero-order chi connectivity index (χ0) is 14.7. The van der Waals surface area contributed by atoms with Crippen molar-refractivity contribution in [3.63, 3.8) is 0 Å². The second-order valence-corrected chi connectivity index (χ2v) is 6.60. The van der Waals surface area contributed by atoms with Gasteiger partial charge in [-0.1, -0.05) is 19.3 Å². The minimum atomic E-state index is -0.267. The highest BCUT2D eigenvalue weighted by molar-refractivity contribution is 5.95. The number of amides is 2. The summed E-state index contributed by atoms with van der Waals surface area (Å²) in [4.78, 5) is 26.5. The van der Waals surface area contributed by atoms with Crippen LogP contribution < -0.4 is 5.32 Å². The molecule has 1 aliphatic carbocycles. The lowest BCUT2D eigenvalue weighted by Gasteiger charge is -2.42. The summed E-state index contributed by atoms with van der Waals surface area (Å²) in [5, 5.41) is 2.78. The third-order valence-corrected chi connectivity index (χ3v) is 5.11. The van der Waals surface area contributed by atoms with Gasteiger partial charge in [-0.25, -0.2) is 0 Å². The van der Waals surface area contributed by atoms with E-state index in [1.54, 1.807) is 0 Å². The highest BCUT2D eigenvalue weighted by atomic mass is 16.5. The van der Waals surface area contributed by atoms with Crippen molar-refractivity contribution in [3.05, 3.63) is 0 Å². The molecule has 0 radical (unpaired) electrons. The van der Waals surface area contributed by atoms with Crippen LogP contribution in [-0.4, -0.2) is 48.6 Å². The maximum absolute atomic E-state index is 12.3. The van der Waals surface area contributed by atoms with Crippen molar-refractivity contribution in [1.82, 2.24) is 10.2 Å². The Morgan fingerprint density at radius 2 is 1.81 bits per heavy atom. The molecule has 1 N–H and O–H groups in total. The van der Waals surface area contributed by atoms with Crippen molar-refractivity contribution >= 4 is 11.8 Å². The Kier molecular flexibility index (Phi) is 4.78. The molecule has 2 unspecified atom stereocenters. The Balaban J connectivity index is 1.71. The van der Waals surface area contributed by atoms with Crippen molar-refractivity contribution in [2.45, 2.75) is 63.5 Å². The second-order valence-electron chi connectivity index (χ2n) is 6.60. The standard InChI is InChI=1S/C16H26N2O3/c19-14-10-17-16(20)15(12-6-2-1-3-7-12)18(14)11-13-8-4-5-9-21-13/h12-13,15H,1-11H2,(H,17,20). The Bertz CT molecular complexity index is 387. The van der Waals surface area contributed by atoms with Gasteiger partial charge in [-0.2, -0.15) is 0 Å². The number of rotatable bonds is 3. The first-order valence-corrected chi connectivity index (χ1v) is 8.44. The number of carbonyl (C=O) groups excluding carboxylic acids is 2. The maximum Gasteiger partial charge on any atom is 0.243 e. The normalized spacial score (nSPS) is 32.1. The molecule has 5 heteroatoms. The van der Waals surface area contributed by atoms with E-state index in [9.17, 15) is 9.59 Å². The van der Waals surface area contributed by atoms with E-state index >= 15 is 0 Å². The van der Waals surface area contributed by atoms with Crippen molar-refractivity contribution < 1.29 is 14.3 Å². The summed E-state index contributed by atoms with van der Waals surface area (Å²) in [5.41, 5.74) is 0. The van der Waals surface area contributed by atoms with Crippen molar-refractivity contribution in [3.8, 4) is 0 Å². The highest BCUT2D eigenvalue weighted by Crippen LogP contribution is 2.31. The van der Waals surface area contributed by atoms with Gasteiger partial charge in [-0.3, -0.25) is 9.59 Å². The van der Waals surface area contributed by atoms with Crippen molar-refractivity contribution in [2.24, 2.45) is 5.92 Å². The predicted molar refractivity (Wildman–Crippen MR) is 78.7 cm³/mol. The number of nitrogens with zero attached hydrogens (tertiary/aromatic N) is 1. The SMILES string of the molecule is O=C1NCC(=O)N(CC2CCCCO2)C1C1CCCCC1. The smallest absolute Gasteiger partial charge is 0.243 e. The van der Waals surface area contributed by atoms with Gasteiger partial charge >= 0.3 is 0 Å². The summed E-state index contributed by atoms with van der Waals surface area (Å²) in [6, 6.07) is -0.267. The average molecular weight is 294 g/mol. The average Bonchev–Trinajstić information content (AvgIpc) is 2.53. The van der Waals surface area contributed by atoms with Gasteiger partial charge in [-0.15, -0.1) is 0 Å². The number of carbonyl (C=O) groups is 2. The molecule has 2 amide bonds. The van der Waals surface area contributed by atoms with Gasteiger partial charge in [0.1, 0.15) is 6.04 Å². The van der Waals surface area contributed by atoms with Crippen molar-refractivity contribution in [2.75, 3.05) is 19.7 Å². The third kappa shape index (κ3) is 3.39. The molecule has 2 heterocycles. The molecule has 0 aromatic rings. The van der Waals surface area contributed by atoms with E-state index in [-0.39, 0.29) is 30.5 Å². The summed E-state index contributed by atoms with van der Waals surface area (Å²) in [6.45, 7) is 1.52. The zero-order valence-corrected chi connectivity index (χ0v) is 12.7. The molecule has 3 fully saturated rings. The van der Waals surface area contributed by atoms with Gasteiger partial charge < -0.3 is 15.0 Å². The molecule has 1 saturated carbocycles. The molecule has 3 aliphatic rings. The first-order valence-electron chi connectivity index (χ1n) is 8.44. The lowest BCUT2D eigenvalue weighted by Crippen LogP contribution is -2.62. The Morgan fingerprint density at radius 3 is 2.52 bits per heavy atom. The molecule has 21 heavy (non-hydrogen) atoms. The minimum Gasteiger partial charge on any atom is -0.376 e. The van der Waals surface area contributed by atoms with Crippen LogP contribution in [0.1, 0.15) is 51.4 Å². The van der Waals surface area contributed by atoms with Crippen molar-refractivity contribution in [1.29, 1.82) is 0 Å². The van der Waals surface area contributed by atoms with E-state index in [1.165, 1.54) is 19.3 Å². The zero-order valence-electron chi connectivity index (χ0n) is 12.7. The topological polar surface area (TPSA) is 58.6 Å². The minimum absolute atomic E-state index is 0.0392. The molecule has 0 aromatic heterocycles. The van der Waals surface area contributed by atoms with Crippen LogP contribution in [0.15, 0.2) is 0 Å². The lowest BCUT2D eigenvalue weighted by atomic mass is 9.82. The summed E-state index contributed by atoms with van der Waals surface area (Å²) in [7, 11) is 0. The van der Waals surface area contributed by atoms with Crippen LogP contribution in [0, 0.1) is 5.92 Å². The largest absolute Gasteiger partial charge is 0.376 e. The second kappa shape index (κ2) is 6.77. The van der Waals surface area contributed by atoms with Gasteiger partial charge in [0.15, 0.2) is 0 Å². The number of hydrogen-bond donors (Lipinski definition) is 1. The van der Waals surface area contributed by atoms with Crippen LogP contribution in [0.4, 0.5) is 0 Å². The van der Waals surface area contributed by atoms with Crippen LogP contribution >= 0.6 is 0 Å². The molecule has 2 atom stereocenters. The van der Waals surface area contributed by atoms with Gasteiger partial charge in [-0.05, 0) is 38.0 Å². The summed E-state index contributed by atoms with van der Waals surface area (Å²) < 4.78 is 5.77. The van der Waals surface area contributed by atoms with Gasteiger partial charge in [0.25, 0.3) is 0 Å². The molecular weight excluding hydrogens is 268 g/mol. The molecule has 2 saturated heterocycles. The van der Waals surface area contributed by atoms with E-state index in [0.717, 1.165) is 38.7 Å². The number of hydrogen-bond acceptors (Lipinski definition) is 3. The Morgan fingerprint density at radius 1 is 1.05 bits per heavy atom. The van der Waals surface area contributed by atoms with Gasteiger partial charge in [0.2, 0.25) is 11.8 Å². The fourth-order valence-corrected chi connectivity index (χ4v) is 3.97. The summed E-state index contributed by atoms with van der Waals surface area (Å²) in [6.07, 6.45) is 9.12. The Labute approximate surface area is 126 Å². The molecule has 0 spiro atoms. The van der Waals surface area contributed by atoms with Crippen LogP contribution in [0.5, 0.6) is 0 Å². The van der Waals surface area contributed by atoms with Crippen LogP contribution in [0.2, 0.25) is 0 Å². The van der Waals surface area contributed by atoms with Crippen LogP contribution in [0.25, 0.3) is 0 Å². The third-order valence-electron chi connectivity index (χ3n) is 5.11. The first-order chi connectivity index (χ1) is 10.3. The summed E-state index contributed by atoms with van der Waals surface area (Å²) in [5.74, 6) is 0.420. The molecule has 0 bridgehead atoms. The van der Waals surface area contributed by atoms with E-state index in [0.29, 0.717) is 12.5 Å². The lowest BCUT2D eigenvalue weighted by molar-refractivity contribution is -0.151. The van der Waals surface area contributed by atoms with E-state index in [2.05, 4.69) is 5.32 Å². The van der Waals surface area contributed by atoms with Crippen LogP contribution in [0.3, 0.4) is 0 Å². The number of ether oxygens (including phenoxy) is 1. The molecule has 2 aliphatic heterocycles. The number of piperazine rings is 1. The van der Waals surface area contributed by atoms with E-state index < -0.39 is 0 Å². The molecule has 118 valence electrons. The molecular formula is C16H26N2O3. The van der Waals surface area contributed by atoms with E-state index in [4.69, 9.17) is 4.74 Å². The Hall–Kier alpha value is -1.10. The monoisotopic (exact) mass is 294 g/mol. The first kappa shape index (κ1) is 14.8. The fourth-order valence-electron chi connectivity index (χ4n) is 3.97. The molecule has 5 nitrogen and oxygen atoms in total. The van der Waals surface area contributed by atoms with Gasteiger partial charge in [0, 0.05) is 13.2 Å².